The molecular weight excluding hydrogens is 320 g/mol. The summed E-state index contributed by atoms with van der Waals surface area (Å²) in [5, 5.41) is 14.7. The Bertz CT molecular complexity index is 887. The van der Waals surface area contributed by atoms with Crippen molar-refractivity contribution in [1.82, 2.24) is 9.78 Å². The number of nitriles is 1. The number of hydrogen-bond donors (Lipinski definition) is 1. The molecule has 0 unspecified atom stereocenters. The number of nitrogens with two attached hydrogens (primary N) is 1. The quantitative estimate of drug-likeness (QED) is 0.784. The van der Waals surface area contributed by atoms with Crippen LogP contribution in [-0.4, -0.2) is 9.78 Å². The van der Waals surface area contributed by atoms with Crippen LogP contribution in [-0.2, 0) is 13.0 Å². The van der Waals surface area contributed by atoms with Crippen LogP contribution in [0, 0.1) is 18.3 Å². The first-order valence-corrected chi connectivity index (χ1v) is 8.00. The first-order valence-electron chi connectivity index (χ1n) is 7.62. The van der Waals surface area contributed by atoms with Crippen LogP contribution in [0.25, 0.3) is 0 Å². The summed E-state index contributed by atoms with van der Waals surface area (Å²) in [4.78, 5) is 0. The Kier molecular flexibility index (Phi) is 4.54. The van der Waals surface area contributed by atoms with Crippen LogP contribution in [0.5, 0.6) is 0 Å². The van der Waals surface area contributed by atoms with E-state index in [1.165, 1.54) is 5.56 Å². The summed E-state index contributed by atoms with van der Waals surface area (Å²) >= 11 is 5.91. The second-order valence-electron chi connectivity index (χ2n) is 5.77. The van der Waals surface area contributed by atoms with Crippen molar-refractivity contribution < 1.29 is 0 Å². The number of hydrogen-bond acceptors (Lipinski definition) is 3. The van der Waals surface area contributed by atoms with Crippen LogP contribution >= 0.6 is 11.6 Å². The normalized spacial score (nSPS) is 10.5. The van der Waals surface area contributed by atoms with Crippen molar-refractivity contribution in [3.63, 3.8) is 0 Å². The summed E-state index contributed by atoms with van der Waals surface area (Å²) in [5.41, 5.74) is 10.6. The van der Waals surface area contributed by atoms with E-state index in [2.05, 4.69) is 23.3 Å². The molecular formula is C19H17ClN4. The molecule has 0 atom stereocenters. The van der Waals surface area contributed by atoms with E-state index in [0.717, 1.165) is 11.1 Å². The molecule has 0 aliphatic heterocycles. The van der Waals surface area contributed by atoms with Crippen LogP contribution in [0.4, 0.5) is 5.82 Å². The van der Waals surface area contributed by atoms with E-state index in [-0.39, 0.29) is 0 Å². The summed E-state index contributed by atoms with van der Waals surface area (Å²) in [7, 11) is 0. The minimum absolute atomic E-state index is 0.405. The average Bonchev–Trinajstić information content (AvgIpc) is 2.86. The molecule has 0 aliphatic carbocycles. The van der Waals surface area contributed by atoms with E-state index in [9.17, 15) is 5.26 Å². The molecule has 1 heterocycles. The van der Waals surface area contributed by atoms with Crippen molar-refractivity contribution in [2.45, 2.75) is 19.9 Å². The third-order valence-corrected chi connectivity index (χ3v) is 4.17. The van der Waals surface area contributed by atoms with Gasteiger partial charge in [-0.1, -0.05) is 53.6 Å². The fraction of sp³-hybridized carbons (Fsp3) is 0.158. The number of aromatic nitrogens is 2. The van der Waals surface area contributed by atoms with Crippen molar-refractivity contribution in [2.24, 2.45) is 0 Å². The number of rotatable bonds is 4. The molecule has 0 aliphatic rings. The lowest BCUT2D eigenvalue weighted by molar-refractivity contribution is 0.684. The second kappa shape index (κ2) is 6.77. The maximum atomic E-state index is 9.43. The molecule has 0 spiro atoms. The van der Waals surface area contributed by atoms with Crippen LogP contribution in [0.1, 0.15) is 27.9 Å². The van der Waals surface area contributed by atoms with Gasteiger partial charge in [0.1, 0.15) is 17.5 Å². The molecule has 120 valence electrons. The van der Waals surface area contributed by atoms with Gasteiger partial charge in [0.2, 0.25) is 0 Å². The van der Waals surface area contributed by atoms with Gasteiger partial charge in [-0.05, 0) is 30.2 Å². The Morgan fingerprint density at radius 1 is 1.08 bits per heavy atom. The number of aryl methyl sites for hydroxylation is 1. The van der Waals surface area contributed by atoms with Gasteiger partial charge < -0.3 is 5.73 Å². The molecule has 2 N–H and O–H groups in total. The van der Waals surface area contributed by atoms with Gasteiger partial charge in [-0.3, -0.25) is 0 Å². The van der Waals surface area contributed by atoms with Crippen LogP contribution in [0.3, 0.4) is 0 Å². The van der Waals surface area contributed by atoms with E-state index in [1.807, 2.05) is 43.3 Å². The number of nitrogens with zero attached hydrogens (tertiary/aromatic N) is 3. The minimum Gasteiger partial charge on any atom is -0.383 e. The Labute approximate surface area is 146 Å². The molecule has 0 fully saturated rings. The zero-order valence-electron chi connectivity index (χ0n) is 13.3. The Morgan fingerprint density at radius 3 is 2.33 bits per heavy atom. The third-order valence-electron chi connectivity index (χ3n) is 3.91. The SMILES string of the molecule is Cc1ccc(Cn2nc(Cc3ccc(Cl)cc3)c(C#N)c2N)cc1. The first-order chi connectivity index (χ1) is 11.6. The zero-order chi connectivity index (χ0) is 17.1. The molecule has 3 aromatic rings. The molecule has 1 aromatic heterocycles. The number of anilines is 1. The first kappa shape index (κ1) is 16.1. The molecule has 0 radical (unpaired) electrons. The fourth-order valence-electron chi connectivity index (χ4n) is 2.55. The summed E-state index contributed by atoms with van der Waals surface area (Å²) < 4.78 is 1.69. The van der Waals surface area contributed by atoms with E-state index >= 15 is 0 Å². The van der Waals surface area contributed by atoms with Gasteiger partial charge in [0, 0.05) is 11.4 Å². The average molecular weight is 337 g/mol. The molecule has 3 rings (SSSR count). The topological polar surface area (TPSA) is 67.6 Å². The van der Waals surface area contributed by atoms with Gasteiger partial charge in [0.05, 0.1) is 12.2 Å². The van der Waals surface area contributed by atoms with Gasteiger partial charge in [-0.25, -0.2) is 4.68 Å². The maximum Gasteiger partial charge on any atom is 0.140 e. The molecule has 0 saturated carbocycles. The van der Waals surface area contributed by atoms with E-state index < -0.39 is 0 Å². The molecule has 0 amide bonds. The minimum atomic E-state index is 0.405. The standard InChI is InChI=1S/C19H17ClN4/c1-13-2-4-15(5-3-13)12-24-19(22)17(11-21)18(23-24)10-14-6-8-16(20)9-7-14/h2-9H,10,12,22H2,1H3. The Balaban J connectivity index is 1.89. The van der Waals surface area contributed by atoms with E-state index in [0.29, 0.717) is 35.1 Å². The smallest absolute Gasteiger partial charge is 0.140 e. The molecule has 0 bridgehead atoms. The van der Waals surface area contributed by atoms with Crippen molar-refractivity contribution >= 4 is 17.4 Å². The number of halogens is 1. The lowest BCUT2D eigenvalue weighted by Crippen LogP contribution is -2.06. The van der Waals surface area contributed by atoms with Gasteiger partial charge in [-0.2, -0.15) is 10.4 Å². The predicted octanol–water partition coefficient (Wildman–Crippen LogP) is 3.94. The van der Waals surface area contributed by atoms with Crippen molar-refractivity contribution in [3.8, 4) is 6.07 Å². The zero-order valence-corrected chi connectivity index (χ0v) is 14.1. The Hall–Kier alpha value is -2.77. The molecule has 24 heavy (non-hydrogen) atoms. The van der Waals surface area contributed by atoms with Crippen molar-refractivity contribution in [1.29, 1.82) is 5.26 Å². The lowest BCUT2D eigenvalue weighted by Gasteiger charge is -2.04. The molecule has 5 heteroatoms. The predicted molar refractivity (Wildman–Crippen MR) is 95.9 cm³/mol. The summed E-state index contributed by atoms with van der Waals surface area (Å²) in [5.74, 6) is 0.405. The highest BCUT2D eigenvalue weighted by molar-refractivity contribution is 6.30. The monoisotopic (exact) mass is 336 g/mol. The van der Waals surface area contributed by atoms with Gasteiger partial charge >= 0.3 is 0 Å². The number of benzene rings is 2. The van der Waals surface area contributed by atoms with Crippen LogP contribution in [0.15, 0.2) is 48.5 Å². The summed E-state index contributed by atoms with van der Waals surface area (Å²) in [6, 6.07) is 17.9. The summed E-state index contributed by atoms with van der Waals surface area (Å²) in [6.45, 7) is 2.59. The van der Waals surface area contributed by atoms with Crippen molar-refractivity contribution in [2.75, 3.05) is 5.73 Å². The highest BCUT2D eigenvalue weighted by atomic mass is 35.5. The largest absolute Gasteiger partial charge is 0.383 e. The third kappa shape index (κ3) is 3.42. The van der Waals surface area contributed by atoms with Crippen molar-refractivity contribution in [3.05, 3.63) is 81.5 Å². The van der Waals surface area contributed by atoms with Gasteiger partial charge in [0.25, 0.3) is 0 Å². The van der Waals surface area contributed by atoms with E-state index in [1.54, 1.807) is 4.68 Å². The number of nitrogen functional groups attached to an aromatic ring is 1. The molecule has 4 nitrogen and oxygen atoms in total. The lowest BCUT2D eigenvalue weighted by atomic mass is 10.1. The van der Waals surface area contributed by atoms with Crippen LogP contribution in [0.2, 0.25) is 5.02 Å². The maximum absolute atomic E-state index is 9.43. The fourth-order valence-corrected chi connectivity index (χ4v) is 2.68. The Morgan fingerprint density at radius 2 is 1.71 bits per heavy atom. The highest BCUT2D eigenvalue weighted by Crippen LogP contribution is 2.21. The van der Waals surface area contributed by atoms with Crippen LogP contribution < -0.4 is 5.73 Å². The highest BCUT2D eigenvalue weighted by Gasteiger charge is 2.16. The molecule has 2 aromatic carbocycles. The van der Waals surface area contributed by atoms with Gasteiger partial charge in [-0.15, -0.1) is 0 Å². The molecule has 0 saturated heterocycles. The summed E-state index contributed by atoms with van der Waals surface area (Å²) in [6.07, 6.45) is 0.547. The van der Waals surface area contributed by atoms with Gasteiger partial charge in [0.15, 0.2) is 0 Å². The van der Waals surface area contributed by atoms with E-state index in [4.69, 9.17) is 17.3 Å². The second-order valence-corrected chi connectivity index (χ2v) is 6.20.